The minimum absolute atomic E-state index is 0.178. The van der Waals surface area contributed by atoms with Crippen LogP contribution in [-0.4, -0.2) is 25.7 Å². The van der Waals surface area contributed by atoms with Crippen LogP contribution in [0.5, 0.6) is 0 Å². The summed E-state index contributed by atoms with van der Waals surface area (Å²) in [5, 5.41) is 5.16. The predicted molar refractivity (Wildman–Crippen MR) is 75.5 cm³/mol. The summed E-state index contributed by atoms with van der Waals surface area (Å²) in [4.78, 5) is 22.3. The van der Waals surface area contributed by atoms with E-state index >= 15 is 0 Å². The van der Waals surface area contributed by atoms with Gasteiger partial charge in [0.25, 0.3) is 0 Å². The molecule has 1 rings (SSSR count). The smallest absolute Gasteiger partial charge is 0.406 e. The minimum atomic E-state index is -0.548. The first-order valence-corrected chi connectivity index (χ1v) is 6.68. The van der Waals surface area contributed by atoms with Crippen LogP contribution in [0.3, 0.4) is 0 Å². The van der Waals surface area contributed by atoms with Gasteiger partial charge in [-0.25, -0.2) is 4.79 Å². The molecular weight excluding hydrogens is 368 g/mol. The van der Waals surface area contributed by atoms with Crippen LogP contribution in [-0.2, 0) is 9.53 Å². The number of methoxy groups -OCH3 is 1. The Morgan fingerprint density at radius 2 is 2.06 bits per heavy atom. The lowest BCUT2D eigenvalue weighted by molar-refractivity contribution is -0.116. The molecule has 2 amide bonds. The number of alkyl carbamates (subject to hydrolysis) is 1. The molecule has 0 bridgehead atoms. The standard InChI is InChI=1S/C11H12Br2N2O3/c1-18-11(17)14-5-4-10(16)15-9-3-2-7(12)6-8(9)13/h2-3,6H,4-5H2,1H3,(H,14,17)(H,15,16). The van der Waals surface area contributed by atoms with Gasteiger partial charge in [0, 0.05) is 21.9 Å². The number of carbonyl (C=O) groups is 2. The minimum Gasteiger partial charge on any atom is -0.453 e. The highest BCUT2D eigenvalue weighted by molar-refractivity contribution is 9.11. The van der Waals surface area contributed by atoms with Crippen LogP contribution < -0.4 is 10.6 Å². The van der Waals surface area contributed by atoms with Crippen LogP contribution in [0.15, 0.2) is 27.1 Å². The van der Waals surface area contributed by atoms with Gasteiger partial charge in [-0.1, -0.05) is 15.9 Å². The van der Waals surface area contributed by atoms with Gasteiger partial charge in [0.05, 0.1) is 12.8 Å². The lowest BCUT2D eigenvalue weighted by atomic mass is 10.3. The number of amides is 2. The van der Waals surface area contributed by atoms with E-state index in [1.807, 2.05) is 12.1 Å². The lowest BCUT2D eigenvalue weighted by Gasteiger charge is -2.08. The second-order valence-electron chi connectivity index (χ2n) is 3.34. The molecule has 0 saturated carbocycles. The third-order valence-corrected chi connectivity index (χ3v) is 3.16. The summed E-state index contributed by atoms with van der Waals surface area (Å²) in [5.41, 5.74) is 0.682. The molecule has 0 fully saturated rings. The van der Waals surface area contributed by atoms with E-state index < -0.39 is 6.09 Å². The molecule has 2 N–H and O–H groups in total. The van der Waals surface area contributed by atoms with Gasteiger partial charge in [-0.3, -0.25) is 4.79 Å². The maximum Gasteiger partial charge on any atom is 0.406 e. The van der Waals surface area contributed by atoms with Crippen molar-refractivity contribution in [1.29, 1.82) is 0 Å². The fraction of sp³-hybridized carbons (Fsp3) is 0.273. The first-order chi connectivity index (χ1) is 8.52. The highest BCUT2D eigenvalue weighted by Crippen LogP contribution is 2.26. The van der Waals surface area contributed by atoms with Crippen LogP contribution in [0.25, 0.3) is 0 Å². The summed E-state index contributed by atoms with van der Waals surface area (Å²) in [6, 6.07) is 5.44. The SMILES string of the molecule is COC(=O)NCCC(=O)Nc1ccc(Br)cc1Br. The Hall–Kier alpha value is -1.08. The number of hydrogen-bond donors (Lipinski definition) is 2. The van der Waals surface area contributed by atoms with Crippen LogP contribution in [0, 0.1) is 0 Å². The van der Waals surface area contributed by atoms with E-state index in [1.54, 1.807) is 6.07 Å². The number of benzene rings is 1. The molecule has 0 radical (unpaired) electrons. The Labute approximate surface area is 122 Å². The average molecular weight is 380 g/mol. The van der Waals surface area contributed by atoms with Gasteiger partial charge in [-0.05, 0) is 34.1 Å². The van der Waals surface area contributed by atoms with E-state index in [0.29, 0.717) is 5.69 Å². The van der Waals surface area contributed by atoms with Crippen molar-refractivity contribution in [2.24, 2.45) is 0 Å². The number of nitrogens with one attached hydrogen (secondary N) is 2. The molecule has 7 heteroatoms. The van der Waals surface area contributed by atoms with E-state index in [-0.39, 0.29) is 18.9 Å². The second-order valence-corrected chi connectivity index (χ2v) is 5.11. The van der Waals surface area contributed by atoms with Crippen molar-refractivity contribution in [3.63, 3.8) is 0 Å². The van der Waals surface area contributed by atoms with Crippen LogP contribution in [0.1, 0.15) is 6.42 Å². The molecular formula is C11H12Br2N2O3. The maximum absolute atomic E-state index is 11.6. The first kappa shape index (κ1) is 15.0. The fourth-order valence-electron chi connectivity index (χ4n) is 1.15. The third kappa shape index (κ3) is 5.05. The van der Waals surface area contributed by atoms with E-state index in [1.165, 1.54) is 7.11 Å². The number of anilines is 1. The highest BCUT2D eigenvalue weighted by Gasteiger charge is 2.06. The molecule has 1 aromatic carbocycles. The molecule has 0 aliphatic heterocycles. The fourth-order valence-corrected chi connectivity index (χ4v) is 2.30. The largest absolute Gasteiger partial charge is 0.453 e. The molecule has 0 aliphatic rings. The molecule has 0 unspecified atom stereocenters. The quantitative estimate of drug-likeness (QED) is 0.845. The number of carbonyl (C=O) groups excluding carboxylic acids is 2. The zero-order chi connectivity index (χ0) is 13.5. The van der Waals surface area contributed by atoms with Crippen molar-refractivity contribution in [2.75, 3.05) is 19.0 Å². The molecule has 0 atom stereocenters. The van der Waals surface area contributed by atoms with Gasteiger partial charge >= 0.3 is 6.09 Å². The summed E-state index contributed by atoms with van der Waals surface area (Å²) in [7, 11) is 1.27. The van der Waals surface area contributed by atoms with E-state index in [2.05, 4.69) is 47.2 Å². The Morgan fingerprint density at radius 3 is 2.67 bits per heavy atom. The van der Waals surface area contributed by atoms with Crippen molar-refractivity contribution in [3.8, 4) is 0 Å². The number of rotatable bonds is 4. The molecule has 1 aromatic rings. The van der Waals surface area contributed by atoms with Crippen LogP contribution in [0.4, 0.5) is 10.5 Å². The summed E-state index contributed by atoms with van der Waals surface area (Å²) in [6.07, 6.45) is -0.370. The van der Waals surface area contributed by atoms with E-state index in [4.69, 9.17) is 0 Å². The van der Waals surface area contributed by atoms with Crippen molar-refractivity contribution < 1.29 is 14.3 Å². The zero-order valence-electron chi connectivity index (χ0n) is 9.63. The van der Waals surface area contributed by atoms with Gasteiger partial charge in [-0.2, -0.15) is 0 Å². The Morgan fingerprint density at radius 1 is 1.33 bits per heavy atom. The Balaban J connectivity index is 2.42. The number of hydrogen-bond acceptors (Lipinski definition) is 3. The molecule has 98 valence electrons. The summed E-state index contributed by atoms with van der Waals surface area (Å²) in [5.74, 6) is -0.186. The normalized spacial score (nSPS) is 9.72. The zero-order valence-corrected chi connectivity index (χ0v) is 12.8. The summed E-state index contributed by atoms with van der Waals surface area (Å²) >= 11 is 6.67. The van der Waals surface area contributed by atoms with Gasteiger partial charge in [0.2, 0.25) is 5.91 Å². The molecule has 0 saturated heterocycles. The van der Waals surface area contributed by atoms with Crippen molar-refractivity contribution in [3.05, 3.63) is 27.1 Å². The lowest BCUT2D eigenvalue weighted by Crippen LogP contribution is -2.27. The topological polar surface area (TPSA) is 67.4 Å². The van der Waals surface area contributed by atoms with Crippen LogP contribution in [0.2, 0.25) is 0 Å². The van der Waals surface area contributed by atoms with Gasteiger partial charge in [0.15, 0.2) is 0 Å². The third-order valence-electron chi connectivity index (χ3n) is 2.01. The molecule has 0 aromatic heterocycles. The average Bonchev–Trinajstić information content (AvgIpc) is 2.32. The molecule has 5 nitrogen and oxygen atoms in total. The van der Waals surface area contributed by atoms with E-state index in [0.717, 1.165) is 8.95 Å². The van der Waals surface area contributed by atoms with Crippen molar-refractivity contribution in [2.45, 2.75) is 6.42 Å². The Bertz CT molecular complexity index is 452. The van der Waals surface area contributed by atoms with Gasteiger partial charge in [0.1, 0.15) is 0 Å². The summed E-state index contributed by atoms with van der Waals surface area (Å²) < 4.78 is 6.09. The molecule has 0 spiro atoms. The van der Waals surface area contributed by atoms with Crippen LogP contribution >= 0.6 is 31.9 Å². The van der Waals surface area contributed by atoms with Crippen molar-refractivity contribution >= 4 is 49.5 Å². The van der Waals surface area contributed by atoms with Gasteiger partial charge < -0.3 is 15.4 Å². The summed E-state index contributed by atoms with van der Waals surface area (Å²) in [6.45, 7) is 0.229. The molecule has 0 heterocycles. The van der Waals surface area contributed by atoms with Crippen molar-refractivity contribution in [1.82, 2.24) is 5.32 Å². The first-order valence-electron chi connectivity index (χ1n) is 5.09. The van der Waals surface area contributed by atoms with Gasteiger partial charge in [-0.15, -0.1) is 0 Å². The molecule has 18 heavy (non-hydrogen) atoms. The Kier molecular flexibility index (Phi) is 6.14. The van der Waals surface area contributed by atoms with E-state index in [9.17, 15) is 9.59 Å². The number of ether oxygens (including phenoxy) is 1. The maximum atomic E-state index is 11.6. The second kappa shape index (κ2) is 7.38. The monoisotopic (exact) mass is 378 g/mol. The molecule has 0 aliphatic carbocycles. The number of halogens is 2. The predicted octanol–water partition coefficient (Wildman–Crippen LogP) is 2.90. The highest BCUT2D eigenvalue weighted by atomic mass is 79.9.